The van der Waals surface area contributed by atoms with E-state index in [1.54, 1.807) is 24.3 Å². The molecule has 0 aliphatic carbocycles. The summed E-state index contributed by atoms with van der Waals surface area (Å²) in [5.41, 5.74) is 1.55. The SMILES string of the molecule is Cc1nc(NC(=O)C(CC(C)C)N2C(=O)c3ccccc3C2=O)sc1C. The molecule has 1 N–H and O–H groups in total. The van der Waals surface area contributed by atoms with Gasteiger partial charge in [-0.2, -0.15) is 0 Å². The lowest BCUT2D eigenvalue weighted by atomic mass is 10.0. The number of carbonyl (C=O) groups is 3. The maximum Gasteiger partial charge on any atom is 0.262 e. The van der Waals surface area contributed by atoms with E-state index in [0.717, 1.165) is 15.5 Å². The van der Waals surface area contributed by atoms with Gasteiger partial charge in [0.15, 0.2) is 5.13 Å². The second kappa shape index (κ2) is 6.99. The van der Waals surface area contributed by atoms with Crippen molar-refractivity contribution in [2.45, 2.75) is 40.2 Å². The van der Waals surface area contributed by atoms with E-state index in [9.17, 15) is 14.4 Å². The maximum atomic E-state index is 12.9. The maximum absolute atomic E-state index is 12.9. The Bertz CT molecular complexity index is 833. The number of amides is 3. The molecule has 1 unspecified atom stereocenters. The normalized spacial score (nSPS) is 14.7. The van der Waals surface area contributed by atoms with Crippen LogP contribution in [0.25, 0.3) is 0 Å². The number of anilines is 1. The van der Waals surface area contributed by atoms with E-state index in [4.69, 9.17) is 0 Å². The molecule has 1 aliphatic rings. The van der Waals surface area contributed by atoms with Crippen molar-refractivity contribution in [3.8, 4) is 0 Å². The number of rotatable bonds is 5. The molecular weight excluding hydrogens is 350 g/mol. The first-order valence-corrected chi connectivity index (χ1v) is 9.33. The Morgan fingerprint density at radius 2 is 1.73 bits per heavy atom. The summed E-state index contributed by atoms with van der Waals surface area (Å²) >= 11 is 1.38. The van der Waals surface area contributed by atoms with Crippen molar-refractivity contribution < 1.29 is 14.4 Å². The van der Waals surface area contributed by atoms with Gasteiger partial charge in [0.25, 0.3) is 11.8 Å². The molecule has 0 bridgehead atoms. The molecule has 26 heavy (non-hydrogen) atoms. The van der Waals surface area contributed by atoms with Gasteiger partial charge in [-0.3, -0.25) is 19.3 Å². The molecule has 3 amide bonds. The van der Waals surface area contributed by atoms with Crippen LogP contribution in [0.4, 0.5) is 5.13 Å². The lowest BCUT2D eigenvalue weighted by Gasteiger charge is -2.26. The van der Waals surface area contributed by atoms with Gasteiger partial charge in [-0.15, -0.1) is 11.3 Å². The Hall–Kier alpha value is -2.54. The third-order valence-electron chi connectivity index (χ3n) is 4.39. The van der Waals surface area contributed by atoms with Gasteiger partial charge in [-0.05, 0) is 38.3 Å². The van der Waals surface area contributed by atoms with Crippen LogP contribution in [0.5, 0.6) is 0 Å². The number of aryl methyl sites for hydroxylation is 2. The third kappa shape index (κ3) is 3.26. The van der Waals surface area contributed by atoms with Gasteiger partial charge in [0.2, 0.25) is 5.91 Å². The van der Waals surface area contributed by atoms with Crippen molar-refractivity contribution >= 4 is 34.2 Å². The van der Waals surface area contributed by atoms with Gasteiger partial charge >= 0.3 is 0 Å². The molecule has 0 saturated carbocycles. The van der Waals surface area contributed by atoms with Crippen molar-refractivity contribution in [2.75, 3.05) is 5.32 Å². The van der Waals surface area contributed by atoms with E-state index >= 15 is 0 Å². The first-order valence-electron chi connectivity index (χ1n) is 8.51. The minimum atomic E-state index is -0.869. The fourth-order valence-electron chi connectivity index (χ4n) is 2.98. The lowest BCUT2D eigenvalue weighted by molar-refractivity contribution is -0.120. The van der Waals surface area contributed by atoms with Crippen LogP contribution in [-0.4, -0.2) is 33.6 Å². The van der Waals surface area contributed by atoms with Crippen molar-refractivity contribution in [3.63, 3.8) is 0 Å². The number of benzene rings is 1. The number of thiazole rings is 1. The summed E-state index contributed by atoms with van der Waals surface area (Å²) in [4.78, 5) is 44.8. The van der Waals surface area contributed by atoms with Crippen LogP contribution < -0.4 is 5.32 Å². The summed E-state index contributed by atoms with van der Waals surface area (Å²) in [6.45, 7) is 7.71. The number of fused-ring (bicyclic) bond motifs is 1. The predicted octanol–water partition coefficient (Wildman–Crippen LogP) is 3.41. The number of imide groups is 1. The number of nitrogens with zero attached hydrogens (tertiary/aromatic N) is 2. The highest BCUT2D eigenvalue weighted by Gasteiger charge is 2.42. The number of hydrogen-bond donors (Lipinski definition) is 1. The van der Waals surface area contributed by atoms with E-state index in [2.05, 4.69) is 10.3 Å². The molecule has 2 aromatic rings. The predicted molar refractivity (Wildman–Crippen MR) is 100 cm³/mol. The van der Waals surface area contributed by atoms with Crippen molar-refractivity contribution in [2.24, 2.45) is 5.92 Å². The van der Waals surface area contributed by atoms with Crippen LogP contribution in [-0.2, 0) is 4.79 Å². The zero-order chi connectivity index (χ0) is 19.0. The van der Waals surface area contributed by atoms with Gasteiger partial charge in [0.05, 0.1) is 16.8 Å². The third-order valence-corrected chi connectivity index (χ3v) is 5.38. The highest BCUT2D eigenvalue weighted by atomic mass is 32.1. The molecule has 1 aliphatic heterocycles. The summed E-state index contributed by atoms with van der Waals surface area (Å²) in [6.07, 6.45) is 0.390. The Labute approximate surface area is 156 Å². The fourth-order valence-corrected chi connectivity index (χ4v) is 3.80. The zero-order valence-electron chi connectivity index (χ0n) is 15.2. The quantitative estimate of drug-likeness (QED) is 0.817. The molecule has 0 spiro atoms. The molecule has 1 aromatic heterocycles. The van der Waals surface area contributed by atoms with Gasteiger partial charge in [0, 0.05) is 4.88 Å². The zero-order valence-corrected chi connectivity index (χ0v) is 16.0. The van der Waals surface area contributed by atoms with E-state index in [1.165, 1.54) is 11.3 Å². The molecule has 3 rings (SSSR count). The highest BCUT2D eigenvalue weighted by Crippen LogP contribution is 2.28. The second-order valence-electron chi connectivity index (χ2n) is 6.82. The van der Waals surface area contributed by atoms with Gasteiger partial charge in [-0.1, -0.05) is 26.0 Å². The lowest BCUT2D eigenvalue weighted by Crippen LogP contribution is -2.47. The van der Waals surface area contributed by atoms with E-state index in [1.807, 2.05) is 27.7 Å². The van der Waals surface area contributed by atoms with Gasteiger partial charge < -0.3 is 5.32 Å². The molecule has 0 saturated heterocycles. The second-order valence-corrected chi connectivity index (χ2v) is 8.02. The minimum absolute atomic E-state index is 0.134. The topological polar surface area (TPSA) is 79.4 Å². The standard InChI is InChI=1S/C19H21N3O3S/c1-10(2)9-15(16(23)21-19-20-11(3)12(4)26-19)22-17(24)13-7-5-6-8-14(13)18(22)25/h5-8,10,15H,9H2,1-4H3,(H,20,21,23). The number of carbonyl (C=O) groups excluding carboxylic acids is 3. The molecule has 0 fully saturated rings. The Morgan fingerprint density at radius 3 is 2.19 bits per heavy atom. The Kier molecular flexibility index (Phi) is 4.91. The number of hydrogen-bond acceptors (Lipinski definition) is 5. The molecule has 6 nitrogen and oxygen atoms in total. The minimum Gasteiger partial charge on any atom is -0.300 e. The van der Waals surface area contributed by atoms with Crippen molar-refractivity contribution in [1.29, 1.82) is 0 Å². The van der Waals surface area contributed by atoms with Crippen LogP contribution in [0.2, 0.25) is 0 Å². The molecule has 0 radical (unpaired) electrons. The van der Waals surface area contributed by atoms with Crippen molar-refractivity contribution in [1.82, 2.24) is 9.88 Å². The smallest absolute Gasteiger partial charge is 0.262 e. The first-order chi connectivity index (χ1) is 12.3. The summed E-state index contributed by atoms with van der Waals surface area (Å²) in [5, 5.41) is 3.26. The number of aromatic nitrogens is 1. The van der Waals surface area contributed by atoms with E-state index in [0.29, 0.717) is 22.7 Å². The molecule has 1 atom stereocenters. The van der Waals surface area contributed by atoms with Gasteiger partial charge in [0.1, 0.15) is 6.04 Å². The van der Waals surface area contributed by atoms with Crippen LogP contribution >= 0.6 is 11.3 Å². The average Bonchev–Trinajstić information content (AvgIpc) is 3.03. The summed E-state index contributed by atoms with van der Waals surface area (Å²) < 4.78 is 0. The van der Waals surface area contributed by atoms with E-state index in [-0.39, 0.29) is 11.8 Å². The molecule has 7 heteroatoms. The van der Waals surface area contributed by atoms with Crippen LogP contribution in [0, 0.1) is 19.8 Å². The van der Waals surface area contributed by atoms with Crippen molar-refractivity contribution in [3.05, 3.63) is 46.0 Å². The monoisotopic (exact) mass is 371 g/mol. The first kappa shape index (κ1) is 18.3. The molecular formula is C19H21N3O3S. The summed E-state index contributed by atoms with van der Waals surface area (Å²) in [7, 11) is 0. The molecule has 2 heterocycles. The van der Waals surface area contributed by atoms with Crippen LogP contribution in [0.15, 0.2) is 24.3 Å². The fraction of sp³-hybridized carbons (Fsp3) is 0.368. The largest absolute Gasteiger partial charge is 0.300 e. The average molecular weight is 371 g/mol. The summed E-state index contributed by atoms with van der Waals surface area (Å²) in [5.74, 6) is -1.09. The molecule has 1 aromatic carbocycles. The van der Waals surface area contributed by atoms with Gasteiger partial charge in [-0.25, -0.2) is 4.98 Å². The summed E-state index contributed by atoms with van der Waals surface area (Å²) in [6, 6.07) is 5.80. The Balaban J connectivity index is 1.90. The highest BCUT2D eigenvalue weighted by molar-refractivity contribution is 7.15. The molecule has 136 valence electrons. The van der Waals surface area contributed by atoms with Crippen LogP contribution in [0.3, 0.4) is 0 Å². The van der Waals surface area contributed by atoms with Crippen LogP contribution in [0.1, 0.15) is 51.6 Å². The Morgan fingerprint density at radius 1 is 1.15 bits per heavy atom. The number of nitrogens with one attached hydrogen (secondary N) is 1. The van der Waals surface area contributed by atoms with E-state index < -0.39 is 17.9 Å².